The molecule has 1 aliphatic carbocycles. The van der Waals surface area contributed by atoms with E-state index in [0.29, 0.717) is 0 Å². The van der Waals surface area contributed by atoms with E-state index in [0.717, 1.165) is 0 Å². The van der Waals surface area contributed by atoms with Crippen molar-refractivity contribution in [2.24, 2.45) is 0 Å². The van der Waals surface area contributed by atoms with E-state index in [9.17, 15) is 0 Å². The van der Waals surface area contributed by atoms with Crippen LogP contribution in [0.15, 0.2) is 146 Å². The molecular formula is C24H24. The first-order valence-corrected chi connectivity index (χ1v) is 8.00. The van der Waals surface area contributed by atoms with Crippen LogP contribution < -0.4 is 0 Å². The topological polar surface area (TPSA) is 0 Å². The van der Waals surface area contributed by atoms with Crippen molar-refractivity contribution in [3.8, 4) is 0 Å². The Balaban J connectivity index is 2.67. The second kappa shape index (κ2) is 16.3. The van der Waals surface area contributed by atoms with Crippen LogP contribution in [0.3, 0.4) is 0 Å². The standard InChI is InChI=1S/C24H24/c1-2-4-6-8-10-12-14-16-18-20-22-24-23-21-19-17-15-13-11-9-7-5-3-1/h1-24H. The Bertz CT molecular complexity index is 398. The molecule has 0 bridgehead atoms. The summed E-state index contributed by atoms with van der Waals surface area (Å²) in [6, 6.07) is 0. The number of hydrogen-bond acceptors (Lipinski definition) is 0. The number of allylic oxidation sites excluding steroid dienone is 24. The van der Waals surface area contributed by atoms with Gasteiger partial charge in [-0.15, -0.1) is 0 Å². The van der Waals surface area contributed by atoms with Crippen LogP contribution in [0.25, 0.3) is 0 Å². The molecule has 0 spiro atoms. The molecule has 0 nitrogen and oxygen atoms in total. The van der Waals surface area contributed by atoms with Crippen LogP contribution in [-0.4, -0.2) is 0 Å². The molecule has 120 valence electrons. The maximum atomic E-state index is 2.00. The molecule has 0 atom stereocenters. The maximum absolute atomic E-state index is 2.00. The first kappa shape index (κ1) is 18.9. The Morgan fingerprint density at radius 3 is 0.167 bits per heavy atom. The van der Waals surface area contributed by atoms with Gasteiger partial charge in [0.05, 0.1) is 0 Å². The van der Waals surface area contributed by atoms with Gasteiger partial charge in [-0.05, 0) is 0 Å². The number of rotatable bonds is 0. The molecule has 0 amide bonds. The van der Waals surface area contributed by atoms with Crippen LogP contribution in [0.4, 0.5) is 0 Å². The average molecular weight is 312 g/mol. The lowest BCUT2D eigenvalue weighted by Crippen LogP contribution is -1.55. The molecule has 0 fully saturated rings. The lowest BCUT2D eigenvalue weighted by Gasteiger charge is -1.77. The number of hydrogen-bond donors (Lipinski definition) is 0. The van der Waals surface area contributed by atoms with Crippen LogP contribution in [0.1, 0.15) is 0 Å². The molecule has 0 saturated heterocycles. The molecule has 0 aliphatic heterocycles. The third-order valence-corrected chi connectivity index (χ3v) is 2.67. The van der Waals surface area contributed by atoms with Crippen molar-refractivity contribution in [1.82, 2.24) is 0 Å². The van der Waals surface area contributed by atoms with Crippen molar-refractivity contribution in [3.63, 3.8) is 0 Å². The van der Waals surface area contributed by atoms with E-state index < -0.39 is 0 Å². The molecule has 0 heterocycles. The monoisotopic (exact) mass is 312 g/mol. The fraction of sp³-hybridized carbons (Fsp3) is 0. The normalized spacial score (nSPS) is 16.0. The Morgan fingerprint density at radius 1 is 0.0833 bits per heavy atom. The lowest BCUT2D eigenvalue weighted by molar-refractivity contribution is 1.81. The quantitative estimate of drug-likeness (QED) is 0.468. The van der Waals surface area contributed by atoms with Gasteiger partial charge in [0.15, 0.2) is 0 Å². The van der Waals surface area contributed by atoms with Gasteiger partial charge in [0.1, 0.15) is 0 Å². The van der Waals surface area contributed by atoms with Crippen molar-refractivity contribution in [1.29, 1.82) is 0 Å². The molecule has 0 aromatic rings. The van der Waals surface area contributed by atoms with Gasteiger partial charge in [0.25, 0.3) is 0 Å². The zero-order chi connectivity index (χ0) is 17.0. The summed E-state index contributed by atoms with van der Waals surface area (Å²) in [5.41, 5.74) is 0. The highest BCUT2D eigenvalue weighted by molar-refractivity contribution is 5.24. The summed E-state index contributed by atoms with van der Waals surface area (Å²) in [5, 5.41) is 0. The Morgan fingerprint density at radius 2 is 0.125 bits per heavy atom. The van der Waals surface area contributed by atoms with Gasteiger partial charge in [-0.25, -0.2) is 0 Å². The molecule has 0 saturated carbocycles. The largest absolute Gasteiger partial charge is 0.0623 e. The molecule has 0 N–H and O–H groups in total. The summed E-state index contributed by atoms with van der Waals surface area (Å²) in [5.74, 6) is 0. The molecule has 0 heteroatoms. The van der Waals surface area contributed by atoms with E-state index in [1.54, 1.807) is 0 Å². The van der Waals surface area contributed by atoms with Crippen molar-refractivity contribution < 1.29 is 0 Å². The Labute approximate surface area is 146 Å². The van der Waals surface area contributed by atoms with Gasteiger partial charge in [0.2, 0.25) is 0 Å². The van der Waals surface area contributed by atoms with E-state index in [2.05, 4.69) is 0 Å². The second-order valence-electron chi connectivity index (χ2n) is 4.62. The van der Waals surface area contributed by atoms with Gasteiger partial charge >= 0.3 is 0 Å². The first-order valence-electron chi connectivity index (χ1n) is 8.00. The zero-order valence-corrected chi connectivity index (χ0v) is 13.9. The van der Waals surface area contributed by atoms with Gasteiger partial charge < -0.3 is 0 Å². The minimum Gasteiger partial charge on any atom is -0.0623 e. The predicted molar refractivity (Wildman–Crippen MR) is 110 cm³/mol. The lowest BCUT2D eigenvalue weighted by atomic mass is 10.3. The van der Waals surface area contributed by atoms with Crippen molar-refractivity contribution >= 4 is 0 Å². The summed E-state index contributed by atoms with van der Waals surface area (Å²) >= 11 is 0. The van der Waals surface area contributed by atoms with Crippen LogP contribution in [0.5, 0.6) is 0 Å². The molecule has 1 rings (SSSR count). The van der Waals surface area contributed by atoms with E-state index >= 15 is 0 Å². The Kier molecular flexibility index (Phi) is 12.8. The van der Waals surface area contributed by atoms with Gasteiger partial charge in [0, 0.05) is 0 Å². The Hall–Kier alpha value is -3.12. The van der Waals surface area contributed by atoms with Crippen LogP contribution in [0, 0.1) is 0 Å². The third kappa shape index (κ3) is 13.8. The van der Waals surface area contributed by atoms with Crippen LogP contribution in [0.2, 0.25) is 0 Å². The minimum atomic E-state index is 2.00. The fourth-order valence-electron chi connectivity index (χ4n) is 1.54. The molecule has 0 radical (unpaired) electrons. The van der Waals surface area contributed by atoms with Crippen molar-refractivity contribution in [2.45, 2.75) is 0 Å². The van der Waals surface area contributed by atoms with E-state index in [1.807, 2.05) is 146 Å². The highest BCUT2D eigenvalue weighted by Gasteiger charge is 1.67. The summed E-state index contributed by atoms with van der Waals surface area (Å²) in [4.78, 5) is 0. The summed E-state index contributed by atoms with van der Waals surface area (Å²) in [6.45, 7) is 0. The first-order chi connectivity index (χ1) is 12.0. The SMILES string of the molecule is C1=CC=CC=CC=CC=CC=CC=CC=CC=CC=CC=CC=C1. The van der Waals surface area contributed by atoms with Crippen molar-refractivity contribution in [2.75, 3.05) is 0 Å². The van der Waals surface area contributed by atoms with Crippen molar-refractivity contribution in [3.05, 3.63) is 146 Å². The molecule has 24 heavy (non-hydrogen) atoms. The van der Waals surface area contributed by atoms with Crippen LogP contribution >= 0.6 is 0 Å². The summed E-state index contributed by atoms with van der Waals surface area (Å²) < 4.78 is 0. The second-order valence-corrected chi connectivity index (χ2v) is 4.62. The third-order valence-electron chi connectivity index (χ3n) is 2.67. The smallest absolute Gasteiger partial charge is 0.0623 e. The maximum Gasteiger partial charge on any atom is -0.0623 e. The van der Waals surface area contributed by atoms with Gasteiger partial charge in [-0.2, -0.15) is 0 Å². The average Bonchev–Trinajstić information content (AvgIpc) is 2.59. The highest BCUT2D eigenvalue weighted by Crippen LogP contribution is 1.88. The molecule has 0 unspecified atom stereocenters. The highest BCUT2D eigenvalue weighted by atomic mass is 13.7. The van der Waals surface area contributed by atoms with Gasteiger partial charge in [-0.1, -0.05) is 146 Å². The molecule has 0 aromatic heterocycles. The molecule has 0 aromatic carbocycles. The summed E-state index contributed by atoms with van der Waals surface area (Å²) in [6.07, 6.45) is 48.0. The minimum absolute atomic E-state index is 2.00. The molecular weight excluding hydrogens is 288 g/mol. The molecule has 1 aliphatic rings. The predicted octanol–water partition coefficient (Wildman–Crippen LogP) is 6.67. The fourth-order valence-corrected chi connectivity index (χ4v) is 1.54. The van der Waals surface area contributed by atoms with E-state index in [1.165, 1.54) is 0 Å². The van der Waals surface area contributed by atoms with Crippen LogP contribution in [-0.2, 0) is 0 Å². The van der Waals surface area contributed by atoms with E-state index in [4.69, 9.17) is 0 Å². The van der Waals surface area contributed by atoms with E-state index in [-0.39, 0.29) is 0 Å². The summed E-state index contributed by atoms with van der Waals surface area (Å²) in [7, 11) is 0. The zero-order valence-electron chi connectivity index (χ0n) is 13.9. The van der Waals surface area contributed by atoms with Gasteiger partial charge in [-0.3, -0.25) is 0 Å².